The van der Waals surface area contributed by atoms with Crippen molar-refractivity contribution in [3.05, 3.63) is 87.3 Å². The van der Waals surface area contributed by atoms with Crippen LogP contribution in [0.25, 0.3) is 21.3 Å². The van der Waals surface area contributed by atoms with E-state index in [4.69, 9.17) is 0 Å². The lowest BCUT2D eigenvalue weighted by Crippen LogP contribution is -2.25. The summed E-state index contributed by atoms with van der Waals surface area (Å²) in [5.41, 5.74) is 4.24. The maximum Gasteiger partial charge on any atom is 0.263 e. The summed E-state index contributed by atoms with van der Waals surface area (Å²) in [6, 6.07) is 15.5. The SMILES string of the molecule is Cc1ccc(C)c(C(=O)Cn2cnc3scc(-c4ccccc4)c3c2=O)c1. The van der Waals surface area contributed by atoms with Gasteiger partial charge in [0, 0.05) is 16.5 Å². The van der Waals surface area contributed by atoms with Crippen molar-refractivity contribution < 1.29 is 4.79 Å². The van der Waals surface area contributed by atoms with E-state index in [1.54, 1.807) is 0 Å². The number of ketones is 1. The van der Waals surface area contributed by atoms with Gasteiger partial charge < -0.3 is 0 Å². The van der Waals surface area contributed by atoms with Crippen LogP contribution in [0, 0.1) is 13.8 Å². The van der Waals surface area contributed by atoms with Gasteiger partial charge in [0.2, 0.25) is 0 Å². The lowest BCUT2D eigenvalue weighted by Gasteiger charge is -2.08. The number of thiophene rings is 1. The number of carbonyl (C=O) groups is 1. The van der Waals surface area contributed by atoms with E-state index in [1.165, 1.54) is 22.2 Å². The summed E-state index contributed by atoms with van der Waals surface area (Å²) in [6.07, 6.45) is 1.47. The standard InChI is InChI=1S/C22H18N2O2S/c1-14-8-9-15(2)17(10-14)19(25)11-24-13-23-21-20(22(24)26)18(12-27-21)16-6-4-3-5-7-16/h3-10,12-13H,11H2,1-2H3. The van der Waals surface area contributed by atoms with Crippen molar-refractivity contribution in [2.45, 2.75) is 20.4 Å². The molecule has 2 heterocycles. The highest BCUT2D eigenvalue weighted by Gasteiger charge is 2.16. The van der Waals surface area contributed by atoms with Gasteiger partial charge in [0.15, 0.2) is 5.78 Å². The van der Waals surface area contributed by atoms with E-state index in [0.29, 0.717) is 15.8 Å². The molecule has 2 aromatic heterocycles. The Labute approximate surface area is 160 Å². The molecule has 0 fully saturated rings. The molecule has 0 amide bonds. The fourth-order valence-electron chi connectivity index (χ4n) is 3.19. The van der Waals surface area contributed by atoms with Crippen LogP contribution in [0.15, 0.2) is 65.0 Å². The zero-order valence-corrected chi connectivity index (χ0v) is 15.9. The van der Waals surface area contributed by atoms with Crippen molar-refractivity contribution in [3.8, 4) is 11.1 Å². The molecular formula is C22H18N2O2S. The van der Waals surface area contributed by atoms with Crippen molar-refractivity contribution in [2.24, 2.45) is 0 Å². The first-order valence-electron chi connectivity index (χ1n) is 8.67. The smallest absolute Gasteiger partial charge is 0.263 e. The minimum Gasteiger partial charge on any atom is -0.292 e. The number of benzene rings is 2. The van der Waals surface area contributed by atoms with Crippen LogP contribution in [0.4, 0.5) is 0 Å². The van der Waals surface area contributed by atoms with Crippen molar-refractivity contribution in [1.29, 1.82) is 0 Å². The van der Waals surface area contributed by atoms with Gasteiger partial charge >= 0.3 is 0 Å². The van der Waals surface area contributed by atoms with Crippen molar-refractivity contribution in [3.63, 3.8) is 0 Å². The molecule has 4 aromatic rings. The molecule has 0 saturated heterocycles. The third-order valence-electron chi connectivity index (χ3n) is 4.65. The molecule has 0 bridgehead atoms. The number of aromatic nitrogens is 2. The lowest BCUT2D eigenvalue weighted by atomic mass is 10.0. The van der Waals surface area contributed by atoms with Crippen LogP contribution in [0.5, 0.6) is 0 Å². The highest BCUT2D eigenvalue weighted by Crippen LogP contribution is 2.30. The number of nitrogens with zero attached hydrogens (tertiary/aromatic N) is 2. The molecule has 0 aliphatic carbocycles. The summed E-state index contributed by atoms with van der Waals surface area (Å²) < 4.78 is 1.41. The highest BCUT2D eigenvalue weighted by atomic mass is 32.1. The first-order chi connectivity index (χ1) is 13.0. The van der Waals surface area contributed by atoms with Crippen LogP contribution in [0.2, 0.25) is 0 Å². The molecular weight excluding hydrogens is 356 g/mol. The molecule has 4 rings (SSSR count). The second-order valence-electron chi connectivity index (χ2n) is 6.61. The number of aryl methyl sites for hydroxylation is 2. The predicted octanol–water partition coefficient (Wildman–Crippen LogP) is 4.62. The van der Waals surface area contributed by atoms with Crippen molar-refractivity contribution in [2.75, 3.05) is 0 Å². The minimum atomic E-state index is -0.182. The van der Waals surface area contributed by atoms with E-state index in [1.807, 2.05) is 67.8 Å². The zero-order chi connectivity index (χ0) is 19.0. The summed E-state index contributed by atoms with van der Waals surface area (Å²) in [5.74, 6) is -0.0871. The maximum atomic E-state index is 13.1. The summed E-state index contributed by atoms with van der Waals surface area (Å²) >= 11 is 1.44. The van der Waals surface area contributed by atoms with Crippen LogP contribution in [0.1, 0.15) is 21.5 Å². The molecule has 0 aliphatic rings. The molecule has 4 nitrogen and oxygen atoms in total. The molecule has 0 spiro atoms. The quantitative estimate of drug-likeness (QED) is 0.490. The van der Waals surface area contributed by atoms with Gasteiger partial charge in [-0.3, -0.25) is 14.2 Å². The van der Waals surface area contributed by atoms with Gasteiger partial charge in [-0.15, -0.1) is 11.3 Å². The molecule has 2 aromatic carbocycles. The van der Waals surface area contributed by atoms with Crippen molar-refractivity contribution in [1.82, 2.24) is 9.55 Å². The van der Waals surface area contributed by atoms with Gasteiger partial charge in [-0.25, -0.2) is 4.98 Å². The fraction of sp³-hybridized carbons (Fsp3) is 0.136. The Bertz CT molecular complexity index is 1210. The van der Waals surface area contributed by atoms with Crippen LogP contribution in [-0.2, 0) is 6.54 Å². The van der Waals surface area contributed by atoms with Gasteiger partial charge in [-0.1, -0.05) is 48.0 Å². The van der Waals surface area contributed by atoms with Crippen LogP contribution in [0.3, 0.4) is 0 Å². The second-order valence-corrected chi connectivity index (χ2v) is 7.47. The molecule has 0 N–H and O–H groups in total. The van der Waals surface area contributed by atoms with Crippen molar-refractivity contribution >= 4 is 27.3 Å². The first kappa shape index (κ1) is 17.4. The Hall–Kier alpha value is -3.05. The van der Waals surface area contributed by atoms with Crippen LogP contribution >= 0.6 is 11.3 Å². The first-order valence-corrected chi connectivity index (χ1v) is 9.55. The van der Waals surface area contributed by atoms with E-state index in [9.17, 15) is 9.59 Å². The van der Waals surface area contributed by atoms with Gasteiger partial charge in [-0.05, 0) is 31.0 Å². The third kappa shape index (κ3) is 3.22. The van der Waals surface area contributed by atoms with Crippen LogP contribution in [-0.4, -0.2) is 15.3 Å². The highest BCUT2D eigenvalue weighted by molar-refractivity contribution is 7.17. The number of fused-ring (bicyclic) bond motifs is 1. The van der Waals surface area contributed by atoms with E-state index >= 15 is 0 Å². The van der Waals surface area contributed by atoms with E-state index in [0.717, 1.165) is 22.3 Å². The largest absolute Gasteiger partial charge is 0.292 e. The maximum absolute atomic E-state index is 13.1. The summed E-state index contributed by atoms with van der Waals surface area (Å²) in [6.45, 7) is 3.84. The minimum absolute atomic E-state index is 0.0177. The van der Waals surface area contributed by atoms with E-state index < -0.39 is 0 Å². The molecule has 0 saturated carbocycles. The molecule has 0 unspecified atom stereocenters. The van der Waals surface area contributed by atoms with Gasteiger partial charge in [0.1, 0.15) is 4.83 Å². The molecule has 0 atom stereocenters. The number of hydrogen-bond donors (Lipinski definition) is 0. The molecule has 0 radical (unpaired) electrons. The van der Waals surface area contributed by atoms with Gasteiger partial charge in [0.05, 0.1) is 18.3 Å². The van der Waals surface area contributed by atoms with E-state index in [-0.39, 0.29) is 17.9 Å². The Morgan fingerprint density at radius 3 is 2.67 bits per heavy atom. The number of hydrogen-bond acceptors (Lipinski definition) is 4. The molecule has 134 valence electrons. The zero-order valence-electron chi connectivity index (χ0n) is 15.1. The Balaban J connectivity index is 1.77. The normalized spacial score (nSPS) is 11.0. The molecule has 5 heteroatoms. The monoisotopic (exact) mass is 374 g/mol. The predicted molar refractivity (Wildman–Crippen MR) is 110 cm³/mol. The average Bonchev–Trinajstić information content (AvgIpc) is 3.11. The Morgan fingerprint density at radius 2 is 1.89 bits per heavy atom. The topological polar surface area (TPSA) is 52.0 Å². The number of Topliss-reactive ketones (excluding diaryl/α,β-unsaturated/α-hetero) is 1. The van der Waals surface area contributed by atoms with E-state index in [2.05, 4.69) is 4.98 Å². The number of carbonyl (C=O) groups excluding carboxylic acids is 1. The Kier molecular flexibility index (Phi) is 4.46. The summed E-state index contributed by atoms with van der Waals surface area (Å²) in [4.78, 5) is 31.0. The van der Waals surface area contributed by atoms with Crippen LogP contribution < -0.4 is 5.56 Å². The van der Waals surface area contributed by atoms with Gasteiger partial charge in [0.25, 0.3) is 5.56 Å². The van der Waals surface area contributed by atoms with Gasteiger partial charge in [-0.2, -0.15) is 0 Å². The molecule has 27 heavy (non-hydrogen) atoms. The number of rotatable bonds is 4. The Morgan fingerprint density at radius 1 is 1.11 bits per heavy atom. The molecule has 0 aliphatic heterocycles. The lowest BCUT2D eigenvalue weighted by molar-refractivity contribution is 0.0970. The summed E-state index contributed by atoms with van der Waals surface area (Å²) in [5, 5.41) is 2.52. The summed E-state index contributed by atoms with van der Waals surface area (Å²) in [7, 11) is 0. The average molecular weight is 374 g/mol. The third-order valence-corrected chi connectivity index (χ3v) is 5.54. The second kappa shape index (κ2) is 6.93. The fourth-order valence-corrected chi connectivity index (χ4v) is 4.09.